The summed E-state index contributed by atoms with van der Waals surface area (Å²) in [5.41, 5.74) is 16.3. The lowest BCUT2D eigenvalue weighted by Gasteiger charge is -2.26. The Bertz CT molecular complexity index is 698. The number of nitrogens with zero attached hydrogens (tertiary/aromatic N) is 1. The van der Waals surface area contributed by atoms with Crippen molar-refractivity contribution in [2.75, 3.05) is 12.3 Å². The molecule has 0 fully saturated rings. The van der Waals surface area contributed by atoms with Gasteiger partial charge < -0.3 is 38.3 Å². The molecular weight excluding hydrogens is 450 g/mol. The molecule has 0 bridgehead atoms. The third kappa shape index (κ3) is 12.3. The van der Waals surface area contributed by atoms with E-state index in [0.717, 1.165) is 0 Å². The second-order valence-electron chi connectivity index (χ2n) is 8.56. The molecule has 0 heterocycles. The average Bonchev–Trinajstić information content (AvgIpc) is 2.71. The lowest BCUT2D eigenvalue weighted by molar-refractivity contribution is -0.143. The van der Waals surface area contributed by atoms with Gasteiger partial charge in [-0.25, -0.2) is 4.79 Å². The molecule has 13 heteroatoms. The normalized spacial score (nSPS) is 14.7. The van der Waals surface area contributed by atoms with Gasteiger partial charge in [0, 0.05) is 12.3 Å². The Labute approximate surface area is 200 Å². The fraction of sp³-hybridized carbons (Fsp3) is 0.750. The number of carboxylic acids is 1. The Kier molecular flexibility index (Phi) is 14.1. The molecule has 0 aromatic carbocycles. The van der Waals surface area contributed by atoms with Crippen molar-refractivity contribution in [3.05, 3.63) is 0 Å². The molecule has 12 nitrogen and oxygen atoms in total. The zero-order valence-corrected chi connectivity index (χ0v) is 20.6. The van der Waals surface area contributed by atoms with E-state index in [-0.39, 0.29) is 42.9 Å². The first-order valence-electron chi connectivity index (χ1n) is 10.9. The summed E-state index contributed by atoms with van der Waals surface area (Å²) in [5.74, 6) is -3.29. The predicted molar refractivity (Wildman–Crippen MR) is 129 cm³/mol. The lowest BCUT2D eigenvalue weighted by Crippen LogP contribution is -2.58. The van der Waals surface area contributed by atoms with Gasteiger partial charge in [0.2, 0.25) is 17.7 Å². The zero-order valence-electron chi connectivity index (χ0n) is 19.7. The third-order valence-electron chi connectivity index (χ3n) is 4.68. The van der Waals surface area contributed by atoms with Crippen molar-refractivity contribution in [1.82, 2.24) is 16.0 Å². The van der Waals surface area contributed by atoms with Crippen LogP contribution in [0.4, 0.5) is 0 Å². The van der Waals surface area contributed by atoms with E-state index < -0.39 is 47.9 Å². The second-order valence-corrected chi connectivity index (χ2v) is 8.92. The first kappa shape index (κ1) is 30.5. The Morgan fingerprint density at radius 3 is 1.94 bits per heavy atom. The zero-order chi connectivity index (χ0) is 25.7. The van der Waals surface area contributed by atoms with E-state index in [2.05, 4.69) is 33.6 Å². The van der Waals surface area contributed by atoms with Crippen molar-refractivity contribution >= 4 is 42.3 Å². The molecular formula is C20H39N7O5S. The van der Waals surface area contributed by atoms with E-state index in [4.69, 9.17) is 17.2 Å². The van der Waals surface area contributed by atoms with Gasteiger partial charge in [0.25, 0.3) is 0 Å². The number of rotatable bonds is 15. The number of hydrogen-bond donors (Lipinski definition) is 8. The van der Waals surface area contributed by atoms with Gasteiger partial charge >= 0.3 is 5.97 Å². The van der Waals surface area contributed by atoms with Crippen LogP contribution in [0.5, 0.6) is 0 Å². The van der Waals surface area contributed by atoms with Gasteiger partial charge in [0.05, 0.1) is 6.04 Å². The number of carboxylic acid groups (broad SMARTS) is 1. The fourth-order valence-corrected chi connectivity index (χ4v) is 3.04. The highest BCUT2D eigenvalue weighted by molar-refractivity contribution is 7.80. The summed E-state index contributed by atoms with van der Waals surface area (Å²) in [6, 6.07) is -4.01. The standard InChI is InChI=1S/C20H39N7O5S/c1-10(2)8-14(18(30)27-15(11(3)4)19(31)32)26-17(29)13(6-5-7-24-20(22)23)25-16(28)12(21)9-33/h10-15,33H,5-9,21H2,1-4H3,(H,25,28)(H,26,29)(H,27,30)(H,31,32)(H4,22,23,24). The van der Waals surface area contributed by atoms with Crippen molar-refractivity contribution in [3.63, 3.8) is 0 Å². The number of carbonyl (C=O) groups is 4. The number of carbonyl (C=O) groups excluding carboxylic acids is 3. The number of thiol groups is 1. The topological polar surface area (TPSA) is 215 Å². The molecule has 4 unspecified atom stereocenters. The number of aliphatic imine (C=N–C) groups is 1. The van der Waals surface area contributed by atoms with Crippen LogP contribution in [0, 0.1) is 11.8 Å². The van der Waals surface area contributed by atoms with Crippen LogP contribution >= 0.6 is 12.6 Å². The van der Waals surface area contributed by atoms with Gasteiger partial charge in [-0.05, 0) is 31.1 Å². The van der Waals surface area contributed by atoms with Gasteiger partial charge in [-0.3, -0.25) is 19.4 Å². The van der Waals surface area contributed by atoms with Crippen LogP contribution < -0.4 is 33.2 Å². The van der Waals surface area contributed by atoms with Gasteiger partial charge in [-0.15, -0.1) is 0 Å². The number of nitrogens with two attached hydrogens (primary N) is 3. The predicted octanol–water partition coefficient (Wildman–Crippen LogP) is -1.46. The Morgan fingerprint density at radius 2 is 1.48 bits per heavy atom. The van der Waals surface area contributed by atoms with E-state index >= 15 is 0 Å². The van der Waals surface area contributed by atoms with Gasteiger partial charge in [0.1, 0.15) is 18.1 Å². The minimum atomic E-state index is -1.17. The Balaban J connectivity index is 5.52. The molecule has 0 aliphatic carbocycles. The van der Waals surface area contributed by atoms with Crippen LogP contribution in [0.3, 0.4) is 0 Å². The quantitative estimate of drug-likeness (QED) is 0.0587. The van der Waals surface area contributed by atoms with Gasteiger partial charge in [0.15, 0.2) is 5.96 Å². The maximum absolute atomic E-state index is 13.0. The molecule has 0 aromatic rings. The van der Waals surface area contributed by atoms with E-state index in [1.54, 1.807) is 13.8 Å². The summed E-state index contributed by atoms with van der Waals surface area (Å²) in [4.78, 5) is 53.4. The molecule has 0 aliphatic heterocycles. The maximum atomic E-state index is 13.0. The van der Waals surface area contributed by atoms with E-state index in [1.165, 1.54) is 0 Å². The molecule has 0 aliphatic rings. The summed E-state index contributed by atoms with van der Waals surface area (Å²) >= 11 is 3.99. The lowest BCUT2D eigenvalue weighted by atomic mass is 10.00. The molecule has 190 valence electrons. The Morgan fingerprint density at radius 1 is 0.939 bits per heavy atom. The first-order valence-corrected chi connectivity index (χ1v) is 11.5. The third-order valence-corrected chi connectivity index (χ3v) is 5.08. The maximum Gasteiger partial charge on any atom is 0.326 e. The summed E-state index contributed by atoms with van der Waals surface area (Å²) in [7, 11) is 0. The number of nitrogens with one attached hydrogen (secondary N) is 3. The van der Waals surface area contributed by atoms with E-state index in [1.807, 2.05) is 13.8 Å². The van der Waals surface area contributed by atoms with Crippen molar-refractivity contribution in [1.29, 1.82) is 0 Å². The number of amides is 3. The van der Waals surface area contributed by atoms with Crippen molar-refractivity contribution < 1.29 is 24.3 Å². The molecule has 4 atom stereocenters. The smallest absolute Gasteiger partial charge is 0.326 e. The number of aliphatic carboxylic acids is 1. The summed E-state index contributed by atoms with van der Waals surface area (Å²) < 4.78 is 0. The van der Waals surface area contributed by atoms with Crippen LogP contribution in [-0.2, 0) is 19.2 Å². The van der Waals surface area contributed by atoms with E-state index in [9.17, 15) is 24.3 Å². The SMILES string of the molecule is CC(C)CC(NC(=O)C(CCCN=C(N)N)NC(=O)C(N)CS)C(=O)NC(C(=O)O)C(C)C. The van der Waals surface area contributed by atoms with Crippen LogP contribution in [0.25, 0.3) is 0 Å². The molecule has 10 N–H and O–H groups in total. The highest BCUT2D eigenvalue weighted by Gasteiger charge is 2.31. The van der Waals surface area contributed by atoms with Crippen LogP contribution in [-0.4, -0.2) is 71.2 Å². The van der Waals surface area contributed by atoms with E-state index in [0.29, 0.717) is 6.42 Å². The number of hydrogen-bond acceptors (Lipinski definition) is 7. The summed E-state index contributed by atoms with van der Waals surface area (Å²) in [6.45, 7) is 7.31. The highest BCUT2D eigenvalue weighted by atomic mass is 32.1. The average molecular weight is 490 g/mol. The minimum Gasteiger partial charge on any atom is -0.480 e. The molecule has 0 saturated heterocycles. The van der Waals surface area contributed by atoms with Crippen LogP contribution in [0.2, 0.25) is 0 Å². The molecule has 0 rings (SSSR count). The monoisotopic (exact) mass is 489 g/mol. The molecule has 0 radical (unpaired) electrons. The minimum absolute atomic E-state index is 0.0240. The Hall–Kier alpha value is -2.54. The summed E-state index contributed by atoms with van der Waals surface area (Å²) in [5, 5.41) is 17.1. The molecule has 0 saturated carbocycles. The molecule has 0 aromatic heterocycles. The van der Waals surface area contributed by atoms with Crippen LogP contribution in [0.15, 0.2) is 4.99 Å². The van der Waals surface area contributed by atoms with Crippen molar-refractivity contribution in [2.45, 2.75) is 71.1 Å². The molecule has 3 amide bonds. The van der Waals surface area contributed by atoms with Gasteiger partial charge in [-0.1, -0.05) is 27.7 Å². The van der Waals surface area contributed by atoms with Crippen LogP contribution in [0.1, 0.15) is 47.0 Å². The summed E-state index contributed by atoms with van der Waals surface area (Å²) in [6.07, 6.45) is 0.835. The molecule has 0 spiro atoms. The second kappa shape index (κ2) is 15.3. The molecule has 33 heavy (non-hydrogen) atoms. The fourth-order valence-electron chi connectivity index (χ4n) is 2.88. The first-order chi connectivity index (χ1) is 15.3. The van der Waals surface area contributed by atoms with Crippen molar-refractivity contribution in [3.8, 4) is 0 Å². The largest absolute Gasteiger partial charge is 0.480 e. The highest BCUT2D eigenvalue weighted by Crippen LogP contribution is 2.09. The van der Waals surface area contributed by atoms with Gasteiger partial charge in [-0.2, -0.15) is 12.6 Å². The van der Waals surface area contributed by atoms with Crippen molar-refractivity contribution in [2.24, 2.45) is 34.0 Å². The number of guanidine groups is 1.